The van der Waals surface area contributed by atoms with Gasteiger partial charge in [0.25, 0.3) is 0 Å². The second-order valence-corrected chi connectivity index (χ2v) is 6.67. The van der Waals surface area contributed by atoms with Gasteiger partial charge in [0.15, 0.2) is 0 Å². The molecule has 0 aliphatic rings. The summed E-state index contributed by atoms with van der Waals surface area (Å²) in [7, 11) is 0. The number of hydrogen-bond acceptors (Lipinski definition) is 4. The number of thiazole rings is 1. The lowest BCUT2D eigenvalue weighted by Gasteiger charge is -2.12. The second kappa shape index (κ2) is 7.57. The van der Waals surface area contributed by atoms with Crippen molar-refractivity contribution in [3.63, 3.8) is 0 Å². The molecule has 0 aliphatic carbocycles. The number of rotatable bonds is 7. The highest BCUT2D eigenvalue weighted by molar-refractivity contribution is 7.09. The molecule has 0 saturated heterocycles. The Kier molecular flexibility index (Phi) is 5.76. The Morgan fingerprint density at radius 2 is 1.90 bits per heavy atom. The van der Waals surface area contributed by atoms with Crippen molar-refractivity contribution in [2.75, 3.05) is 6.61 Å². The molecular weight excluding hydrogens is 280 g/mol. The molecule has 0 aliphatic heterocycles. The molecule has 21 heavy (non-hydrogen) atoms. The number of nitrogens with zero attached hydrogens (tertiary/aromatic N) is 1. The first-order valence-electron chi connectivity index (χ1n) is 7.41. The van der Waals surface area contributed by atoms with E-state index in [0.717, 1.165) is 29.6 Å². The minimum atomic E-state index is 0.278. The van der Waals surface area contributed by atoms with Crippen LogP contribution in [0.25, 0.3) is 0 Å². The van der Waals surface area contributed by atoms with Crippen LogP contribution in [0.2, 0.25) is 0 Å². The van der Waals surface area contributed by atoms with Crippen LogP contribution in [0.1, 0.15) is 43.1 Å². The molecule has 3 nitrogen and oxygen atoms in total. The van der Waals surface area contributed by atoms with Gasteiger partial charge < -0.3 is 10.1 Å². The molecule has 2 rings (SSSR count). The zero-order valence-corrected chi connectivity index (χ0v) is 14.0. The van der Waals surface area contributed by atoms with Gasteiger partial charge in [-0.2, -0.15) is 0 Å². The number of ether oxygens (including phenoxy) is 1. The number of aryl methyl sites for hydroxylation is 1. The van der Waals surface area contributed by atoms with Gasteiger partial charge in [0, 0.05) is 17.6 Å². The molecule has 1 N–H and O–H groups in total. The molecule has 114 valence electrons. The fourth-order valence-electron chi connectivity index (χ4n) is 1.90. The van der Waals surface area contributed by atoms with Gasteiger partial charge in [0.1, 0.15) is 10.8 Å². The van der Waals surface area contributed by atoms with Crippen molar-refractivity contribution in [2.24, 2.45) is 5.92 Å². The van der Waals surface area contributed by atoms with Crippen LogP contribution >= 0.6 is 11.3 Å². The van der Waals surface area contributed by atoms with E-state index < -0.39 is 0 Å². The molecule has 1 aromatic carbocycles. The van der Waals surface area contributed by atoms with Crippen LogP contribution in [0.3, 0.4) is 0 Å². The first-order valence-corrected chi connectivity index (χ1v) is 8.29. The van der Waals surface area contributed by atoms with Crippen LogP contribution < -0.4 is 10.1 Å². The maximum Gasteiger partial charge on any atom is 0.119 e. The first kappa shape index (κ1) is 16.0. The van der Waals surface area contributed by atoms with Crippen molar-refractivity contribution in [2.45, 2.75) is 40.3 Å². The number of aromatic nitrogens is 1. The quantitative estimate of drug-likeness (QED) is 0.826. The number of benzene rings is 1. The van der Waals surface area contributed by atoms with Crippen LogP contribution in [0.15, 0.2) is 29.6 Å². The Balaban J connectivity index is 1.83. The normalized spacial score (nSPS) is 12.6. The van der Waals surface area contributed by atoms with E-state index in [4.69, 9.17) is 4.74 Å². The summed E-state index contributed by atoms with van der Waals surface area (Å²) >= 11 is 1.71. The van der Waals surface area contributed by atoms with E-state index in [1.54, 1.807) is 11.3 Å². The third kappa shape index (κ3) is 5.14. The van der Waals surface area contributed by atoms with E-state index in [-0.39, 0.29) is 6.04 Å². The van der Waals surface area contributed by atoms with Crippen LogP contribution in [0.4, 0.5) is 0 Å². The highest BCUT2D eigenvalue weighted by Crippen LogP contribution is 2.18. The van der Waals surface area contributed by atoms with E-state index in [1.807, 2.05) is 19.1 Å². The average Bonchev–Trinajstić information content (AvgIpc) is 2.90. The standard InChI is InChI=1S/C17H24N2OS/c1-12(2)10-20-16-7-5-15(6-8-16)9-18-14(4)17-19-13(3)11-21-17/h5-8,11-12,14,18H,9-10H2,1-4H3. The van der Waals surface area contributed by atoms with Crippen LogP contribution in [-0.2, 0) is 6.54 Å². The molecule has 1 unspecified atom stereocenters. The second-order valence-electron chi connectivity index (χ2n) is 5.78. The van der Waals surface area contributed by atoms with E-state index in [9.17, 15) is 0 Å². The lowest BCUT2D eigenvalue weighted by atomic mass is 10.2. The summed E-state index contributed by atoms with van der Waals surface area (Å²) in [5.74, 6) is 1.49. The van der Waals surface area contributed by atoms with Crippen molar-refractivity contribution in [1.29, 1.82) is 0 Å². The summed E-state index contributed by atoms with van der Waals surface area (Å²) < 4.78 is 5.69. The van der Waals surface area contributed by atoms with E-state index in [2.05, 4.69) is 48.6 Å². The predicted octanol–water partition coefficient (Wildman–Crippen LogP) is 4.34. The third-order valence-corrected chi connectivity index (χ3v) is 4.27. The minimum absolute atomic E-state index is 0.278. The number of nitrogens with one attached hydrogen (secondary N) is 1. The molecule has 0 spiro atoms. The maximum atomic E-state index is 5.69. The highest BCUT2D eigenvalue weighted by atomic mass is 32.1. The fourth-order valence-corrected chi connectivity index (χ4v) is 2.72. The van der Waals surface area contributed by atoms with Crippen LogP contribution in [-0.4, -0.2) is 11.6 Å². The number of hydrogen-bond donors (Lipinski definition) is 1. The van der Waals surface area contributed by atoms with Gasteiger partial charge in [-0.05, 0) is 37.5 Å². The Labute approximate surface area is 131 Å². The minimum Gasteiger partial charge on any atom is -0.493 e. The lowest BCUT2D eigenvalue weighted by Crippen LogP contribution is -2.17. The maximum absolute atomic E-state index is 5.69. The van der Waals surface area contributed by atoms with Crippen molar-refractivity contribution >= 4 is 11.3 Å². The average molecular weight is 304 g/mol. The first-order chi connectivity index (χ1) is 10.0. The summed E-state index contributed by atoms with van der Waals surface area (Å²) in [4.78, 5) is 4.51. The summed E-state index contributed by atoms with van der Waals surface area (Å²) in [6, 6.07) is 8.58. The molecule has 1 heterocycles. The molecule has 0 amide bonds. The molecule has 4 heteroatoms. The molecule has 1 aromatic heterocycles. The van der Waals surface area contributed by atoms with E-state index >= 15 is 0 Å². The third-order valence-electron chi connectivity index (χ3n) is 3.13. The molecular formula is C17H24N2OS. The van der Waals surface area contributed by atoms with E-state index in [0.29, 0.717) is 5.92 Å². The Morgan fingerprint density at radius 3 is 2.48 bits per heavy atom. The van der Waals surface area contributed by atoms with Gasteiger partial charge in [-0.1, -0.05) is 26.0 Å². The molecule has 0 saturated carbocycles. The summed E-state index contributed by atoms with van der Waals surface area (Å²) in [5, 5.41) is 6.74. The summed E-state index contributed by atoms with van der Waals surface area (Å²) in [5.41, 5.74) is 2.35. The SMILES string of the molecule is Cc1csc(C(C)NCc2ccc(OCC(C)C)cc2)n1. The predicted molar refractivity (Wildman–Crippen MR) is 88.9 cm³/mol. The summed E-state index contributed by atoms with van der Waals surface area (Å²) in [6.07, 6.45) is 0. The Bertz CT molecular complexity index is 548. The van der Waals surface area contributed by atoms with Gasteiger partial charge >= 0.3 is 0 Å². The molecule has 1 atom stereocenters. The van der Waals surface area contributed by atoms with Crippen molar-refractivity contribution in [1.82, 2.24) is 10.3 Å². The monoisotopic (exact) mass is 304 g/mol. The largest absolute Gasteiger partial charge is 0.493 e. The smallest absolute Gasteiger partial charge is 0.119 e. The molecule has 2 aromatic rings. The van der Waals surface area contributed by atoms with Crippen molar-refractivity contribution in [3.8, 4) is 5.75 Å². The summed E-state index contributed by atoms with van der Waals surface area (Å²) in [6.45, 7) is 10.1. The Morgan fingerprint density at radius 1 is 1.19 bits per heavy atom. The van der Waals surface area contributed by atoms with Gasteiger partial charge in [0.05, 0.1) is 12.6 Å². The van der Waals surface area contributed by atoms with Crippen molar-refractivity contribution in [3.05, 3.63) is 45.9 Å². The van der Waals surface area contributed by atoms with Gasteiger partial charge in [-0.15, -0.1) is 11.3 Å². The highest BCUT2D eigenvalue weighted by Gasteiger charge is 2.08. The molecule has 0 fully saturated rings. The molecule has 0 radical (unpaired) electrons. The van der Waals surface area contributed by atoms with Gasteiger partial charge in [-0.25, -0.2) is 4.98 Å². The van der Waals surface area contributed by atoms with Crippen LogP contribution in [0.5, 0.6) is 5.75 Å². The van der Waals surface area contributed by atoms with Crippen molar-refractivity contribution < 1.29 is 4.74 Å². The van der Waals surface area contributed by atoms with Crippen LogP contribution in [0, 0.1) is 12.8 Å². The lowest BCUT2D eigenvalue weighted by molar-refractivity contribution is 0.271. The zero-order valence-electron chi connectivity index (χ0n) is 13.2. The van der Waals surface area contributed by atoms with Gasteiger partial charge in [-0.3, -0.25) is 0 Å². The van der Waals surface area contributed by atoms with Gasteiger partial charge in [0.2, 0.25) is 0 Å². The Hall–Kier alpha value is -1.39. The topological polar surface area (TPSA) is 34.1 Å². The zero-order chi connectivity index (χ0) is 15.2. The molecule has 0 bridgehead atoms. The fraction of sp³-hybridized carbons (Fsp3) is 0.471. The van der Waals surface area contributed by atoms with E-state index in [1.165, 1.54) is 5.56 Å².